The lowest BCUT2D eigenvalue weighted by Gasteiger charge is -2.34. The van der Waals surface area contributed by atoms with Crippen molar-refractivity contribution in [3.05, 3.63) is 126 Å². The van der Waals surface area contributed by atoms with Crippen LogP contribution in [-0.4, -0.2) is 105 Å². The molecule has 2 atom stereocenters. The van der Waals surface area contributed by atoms with Crippen LogP contribution in [0.25, 0.3) is 0 Å². The van der Waals surface area contributed by atoms with Crippen molar-refractivity contribution < 1.29 is 28.7 Å². The number of methoxy groups -OCH3 is 1. The zero-order valence-corrected chi connectivity index (χ0v) is 30.3. The van der Waals surface area contributed by atoms with Crippen molar-refractivity contribution in [2.45, 2.75) is 24.9 Å². The Morgan fingerprint density at radius 1 is 0.642 bits per heavy atom. The van der Waals surface area contributed by atoms with Gasteiger partial charge >= 0.3 is 0 Å². The van der Waals surface area contributed by atoms with Crippen LogP contribution >= 0.6 is 0 Å². The van der Waals surface area contributed by atoms with Crippen LogP contribution in [0, 0.1) is 0 Å². The Balaban J connectivity index is 1.17. The van der Waals surface area contributed by atoms with E-state index in [0.29, 0.717) is 30.1 Å². The first-order valence-electron chi connectivity index (χ1n) is 17.5. The molecule has 0 radical (unpaired) electrons. The fourth-order valence-electron chi connectivity index (χ4n) is 6.19. The van der Waals surface area contributed by atoms with E-state index in [1.165, 1.54) is 14.7 Å². The van der Waals surface area contributed by atoms with Crippen molar-refractivity contribution in [1.29, 1.82) is 0 Å². The standard InChI is InChI=1S/C41H46N6O6/c1-44(32-17-11-6-12-18-32)40(51)35(25-30-13-7-4-8-14-30)42-37(48)27-46-23-24-47(39(50)29-46)28-38(49)43-36(26-31-15-9-5-10-16-31)41(52)45(2)33-19-21-34(53-3)22-20-33/h4-22,35-36H,23-29H2,1-3H3,(H,42,48)(H,43,49)/t35-,36-/m0/s1. The average Bonchev–Trinajstić information content (AvgIpc) is 3.18. The maximum atomic E-state index is 13.7. The van der Waals surface area contributed by atoms with E-state index in [4.69, 9.17) is 4.74 Å². The van der Waals surface area contributed by atoms with Gasteiger partial charge in [-0.25, -0.2) is 0 Å². The van der Waals surface area contributed by atoms with Gasteiger partial charge in [0.2, 0.25) is 29.5 Å². The Kier molecular flexibility index (Phi) is 13.3. The minimum absolute atomic E-state index is 0.0749. The first kappa shape index (κ1) is 38.2. The molecule has 4 aromatic rings. The zero-order valence-electron chi connectivity index (χ0n) is 30.3. The number of carbonyl (C=O) groups is 5. The van der Waals surface area contributed by atoms with Crippen molar-refractivity contribution in [1.82, 2.24) is 20.4 Å². The van der Waals surface area contributed by atoms with E-state index in [0.717, 1.165) is 11.1 Å². The van der Waals surface area contributed by atoms with Gasteiger partial charge in [0.25, 0.3) is 0 Å². The molecule has 0 aliphatic carbocycles. The number of carbonyl (C=O) groups excluding carboxylic acids is 5. The third-order valence-electron chi connectivity index (χ3n) is 9.20. The molecule has 0 unspecified atom stereocenters. The van der Waals surface area contributed by atoms with Crippen LogP contribution < -0.4 is 25.2 Å². The van der Waals surface area contributed by atoms with Crippen molar-refractivity contribution in [2.24, 2.45) is 0 Å². The first-order chi connectivity index (χ1) is 25.6. The molecule has 5 amide bonds. The van der Waals surface area contributed by atoms with Gasteiger partial charge in [-0.05, 0) is 47.5 Å². The number of ether oxygens (including phenoxy) is 1. The molecule has 12 heteroatoms. The van der Waals surface area contributed by atoms with Crippen molar-refractivity contribution in [2.75, 3.05) is 63.7 Å². The molecule has 1 saturated heterocycles. The fraction of sp³-hybridized carbons (Fsp3) is 0.293. The minimum Gasteiger partial charge on any atom is -0.497 e. The van der Waals surface area contributed by atoms with E-state index in [-0.39, 0.29) is 56.2 Å². The van der Waals surface area contributed by atoms with Crippen LogP contribution in [-0.2, 0) is 36.8 Å². The molecular weight excluding hydrogens is 672 g/mol. The van der Waals surface area contributed by atoms with Crippen LogP contribution in [0.1, 0.15) is 11.1 Å². The number of likely N-dealkylation sites (N-methyl/N-ethyl adjacent to an activating group) is 2. The van der Waals surface area contributed by atoms with Gasteiger partial charge in [0, 0.05) is 51.4 Å². The number of piperazine rings is 1. The summed E-state index contributed by atoms with van der Waals surface area (Å²) in [5, 5.41) is 5.76. The highest BCUT2D eigenvalue weighted by atomic mass is 16.5. The predicted molar refractivity (Wildman–Crippen MR) is 203 cm³/mol. The van der Waals surface area contributed by atoms with Crippen LogP contribution in [0.3, 0.4) is 0 Å². The van der Waals surface area contributed by atoms with Crippen molar-refractivity contribution >= 4 is 40.9 Å². The lowest BCUT2D eigenvalue weighted by molar-refractivity contribution is -0.141. The van der Waals surface area contributed by atoms with Gasteiger partial charge < -0.3 is 30.1 Å². The van der Waals surface area contributed by atoms with Crippen LogP contribution in [0.4, 0.5) is 11.4 Å². The molecule has 1 heterocycles. The van der Waals surface area contributed by atoms with E-state index >= 15 is 0 Å². The van der Waals surface area contributed by atoms with Gasteiger partial charge in [-0.3, -0.25) is 28.9 Å². The molecule has 0 bridgehead atoms. The third-order valence-corrected chi connectivity index (χ3v) is 9.20. The summed E-state index contributed by atoms with van der Waals surface area (Å²) in [6.45, 7) is 0.161. The molecule has 1 fully saturated rings. The molecule has 4 aromatic carbocycles. The molecular formula is C41H46N6O6. The number of nitrogens with one attached hydrogen (secondary N) is 2. The highest BCUT2D eigenvalue weighted by Crippen LogP contribution is 2.20. The lowest BCUT2D eigenvalue weighted by Crippen LogP contribution is -2.57. The molecule has 1 aliphatic heterocycles. The molecule has 0 spiro atoms. The van der Waals surface area contributed by atoms with E-state index in [1.807, 2.05) is 91.0 Å². The summed E-state index contributed by atoms with van der Waals surface area (Å²) in [7, 11) is 4.89. The van der Waals surface area contributed by atoms with Crippen LogP contribution in [0.5, 0.6) is 5.75 Å². The Hall–Kier alpha value is -6.01. The second-order valence-electron chi connectivity index (χ2n) is 13.0. The fourth-order valence-corrected chi connectivity index (χ4v) is 6.19. The minimum atomic E-state index is -0.885. The molecule has 12 nitrogen and oxygen atoms in total. The quantitative estimate of drug-likeness (QED) is 0.193. The number of hydrogen-bond acceptors (Lipinski definition) is 7. The molecule has 2 N–H and O–H groups in total. The van der Waals surface area contributed by atoms with Gasteiger partial charge in [-0.15, -0.1) is 0 Å². The summed E-state index contributed by atoms with van der Waals surface area (Å²) in [5.74, 6) is -1.09. The second kappa shape index (κ2) is 18.5. The predicted octanol–water partition coefficient (Wildman–Crippen LogP) is 2.92. The van der Waals surface area contributed by atoms with Crippen molar-refractivity contribution in [3.8, 4) is 5.75 Å². The SMILES string of the molecule is COc1ccc(N(C)C(=O)[C@H](Cc2ccccc2)NC(=O)CN2CCN(CC(=O)N[C@@H](Cc3ccccc3)C(=O)N(C)c3ccccc3)CC2=O)cc1. The summed E-state index contributed by atoms with van der Waals surface area (Å²) in [6, 6.07) is 33.4. The molecule has 276 valence electrons. The van der Waals surface area contributed by atoms with E-state index in [9.17, 15) is 24.0 Å². The highest BCUT2D eigenvalue weighted by molar-refractivity contribution is 6.00. The number of para-hydroxylation sites is 1. The van der Waals surface area contributed by atoms with E-state index in [2.05, 4.69) is 10.6 Å². The maximum Gasteiger partial charge on any atom is 0.249 e. The number of amides is 5. The number of rotatable bonds is 15. The van der Waals surface area contributed by atoms with Gasteiger partial charge in [0.05, 0.1) is 26.7 Å². The molecule has 1 aliphatic rings. The van der Waals surface area contributed by atoms with Gasteiger partial charge in [-0.1, -0.05) is 78.9 Å². The number of hydrogen-bond donors (Lipinski definition) is 2. The summed E-state index contributed by atoms with van der Waals surface area (Å²) in [4.78, 5) is 73.3. The number of nitrogens with zero attached hydrogens (tertiary/aromatic N) is 4. The van der Waals surface area contributed by atoms with Crippen LogP contribution in [0.15, 0.2) is 115 Å². The first-order valence-corrected chi connectivity index (χ1v) is 17.5. The largest absolute Gasteiger partial charge is 0.497 e. The Bertz CT molecular complexity index is 1840. The highest BCUT2D eigenvalue weighted by Gasteiger charge is 2.31. The Labute approximate surface area is 310 Å². The Morgan fingerprint density at radius 2 is 1.09 bits per heavy atom. The Morgan fingerprint density at radius 3 is 1.57 bits per heavy atom. The van der Waals surface area contributed by atoms with Gasteiger partial charge in [-0.2, -0.15) is 0 Å². The maximum absolute atomic E-state index is 13.7. The smallest absolute Gasteiger partial charge is 0.249 e. The van der Waals surface area contributed by atoms with Gasteiger partial charge in [0.15, 0.2) is 0 Å². The molecule has 5 rings (SSSR count). The molecule has 0 aromatic heterocycles. The van der Waals surface area contributed by atoms with Crippen molar-refractivity contribution in [3.63, 3.8) is 0 Å². The van der Waals surface area contributed by atoms with Gasteiger partial charge in [0.1, 0.15) is 17.8 Å². The topological polar surface area (TPSA) is 132 Å². The summed E-state index contributed by atoms with van der Waals surface area (Å²) in [6.07, 6.45) is 0.561. The second-order valence-corrected chi connectivity index (χ2v) is 13.0. The monoisotopic (exact) mass is 718 g/mol. The van der Waals surface area contributed by atoms with E-state index < -0.39 is 18.0 Å². The lowest BCUT2D eigenvalue weighted by atomic mass is 10.0. The zero-order chi connectivity index (χ0) is 37.7. The van der Waals surface area contributed by atoms with E-state index in [1.54, 1.807) is 50.4 Å². The third kappa shape index (κ3) is 10.7. The summed E-state index contributed by atoms with van der Waals surface area (Å²) >= 11 is 0. The van der Waals surface area contributed by atoms with Crippen LogP contribution in [0.2, 0.25) is 0 Å². The summed E-state index contributed by atoms with van der Waals surface area (Å²) in [5.41, 5.74) is 3.11. The molecule has 53 heavy (non-hydrogen) atoms. The number of benzene rings is 4. The normalized spacial score (nSPS) is 14.1. The number of anilines is 2. The summed E-state index contributed by atoms with van der Waals surface area (Å²) < 4.78 is 5.23. The molecule has 0 saturated carbocycles. The average molecular weight is 719 g/mol.